The summed E-state index contributed by atoms with van der Waals surface area (Å²) in [6.07, 6.45) is 5.14. The minimum absolute atomic E-state index is 0.0150. The number of aryl methyl sites for hydroxylation is 1. The van der Waals surface area contributed by atoms with Crippen molar-refractivity contribution in [2.24, 2.45) is 5.92 Å². The Bertz CT molecular complexity index is 575. The number of hydrogen-bond acceptors (Lipinski definition) is 0. The van der Waals surface area contributed by atoms with E-state index in [9.17, 15) is 13.2 Å². The monoisotopic (exact) mass is 320 g/mol. The van der Waals surface area contributed by atoms with Crippen LogP contribution in [-0.4, -0.2) is 5.51 Å². The first kappa shape index (κ1) is 14.3. The Morgan fingerprint density at radius 2 is 2.00 bits per heavy atom. The normalized spacial score (nSPS) is 29.4. The number of fused-ring (bicyclic) bond motifs is 1. The van der Waals surface area contributed by atoms with Crippen LogP contribution in [0.4, 0.5) is 13.2 Å². The molecule has 1 aliphatic heterocycles. The highest BCUT2D eigenvalue weighted by Gasteiger charge is 2.57. The van der Waals surface area contributed by atoms with E-state index >= 15 is 0 Å². The number of benzene rings is 1. The lowest BCUT2D eigenvalue weighted by Gasteiger charge is -2.40. The van der Waals surface area contributed by atoms with Gasteiger partial charge in [0, 0.05) is 4.90 Å². The zero-order valence-corrected chi connectivity index (χ0v) is 12.7. The van der Waals surface area contributed by atoms with Crippen molar-refractivity contribution in [2.45, 2.75) is 43.0 Å². The molecule has 5 heteroatoms. The van der Waals surface area contributed by atoms with Crippen LogP contribution >= 0.6 is 19.9 Å². The van der Waals surface area contributed by atoms with Gasteiger partial charge in [0.25, 0.3) is 0 Å². The highest BCUT2D eigenvalue weighted by molar-refractivity contribution is 8.54. The highest BCUT2D eigenvalue weighted by Crippen LogP contribution is 2.82. The van der Waals surface area contributed by atoms with Crippen molar-refractivity contribution in [1.82, 2.24) is 0 Å². The van der Waals surface area contributed by atoms with Crippen LogP contribution in [0.5, 0.6) is 0 Å². The SMILES string of the molecule is CCc1cccc2c1C=C(C1CCC1)S2(Cl)C(F)(F)F. The predicted molar refractivity (Wildman–Crippen MR) is 78.9 cm³/mol. The molecule has 0 radical (unpaired) electrons. The molecule has 2 aliphatic rings. The minimum atomic E-state index is -4.38. The number of allylic oxidation sites excluding steroid dienone is 1. The molecule has 3 rings (SSSR count). The number of rotatable bonds is 2. The molecule has 0 nitrogen and oxygen atoms in total. The number of hydrogen-bond donors (Lipinski definition) is 0. The molecule has 1 saturated carbocycles. The van der Waals surface area contributed by atoms with Crippen LogP contribution in [0, 0.1) is 5.92 Å². The van der Waals surface area contributed by atoms with Gasteiger partial charge in [-0.1, -0.05) is 25.5 Å². The van der Waals surface area contributed by atoms with Gasteiger partial charge in [-0.3, -0.25) is 0 Å². The molecule has 0 amide bonds. The van der Waals surface area contributed by atoms with Gasteiger partial charge in [0.05, 0.1) is 0 Å². The van der Waals surface area contributed by atoms with Gasteiger partial charge < -0.3 is 0 Å². The zero-order chi connectivity index (χ0) is 14.5. The van der Waals surface area contributed by atoms with Crippen LogP contribution in [0.2, 0.25) is 0 Å². The maximum atomic E-state index is 13.7. The van der Waals surface area contributed by atoms with Crippen molar-refractivity contribution >= 4 is 26.0 Å². The molecule has 0 saturated heterocycles. The van der Waals surface area contributed by atoms with Crippen LogP contribution in [0.3, 0.4) is 0 Å². The number of alkyl halides is 3. The summed E-state index contributed by atoms with van der Waals surface area (Å²) in [4.78, 5) is 0.738. The van der Waals surface area contributed by atoms with Crippen LogP contribution in [0.15, 0.2) is 28.0 Å². The molecule has 110 valence electrons. The predicted octanol–water partition coefficient (Wildman–Crippen LogP) is 6.24. The van der Waals surface area contributed by atoms with Gasteiger partial charge in [0.1, 0.15) is 0 Å². The molecule has 0 bridgehead atoms. The standard InChI is InChI=1S/C15H16ClF3S/c1-2-10-5-4-8-13-12(10)9-14(11-6-3-7-11)20(13,16)15(17,18)19/h4-5,8-9,11H,2-3,6-7H2,1H3. The summed E-state index contributed by atoms with van der Waals surface area (Å²) in [6, 6.07) is 5.16. The third kappa shape index (κ3) is 1.84. The fourth-order valence-electron chi connectivity index (χ4n) is 2.96. The second kappa shape index (κ2) is 4.70. The van der Waals surface area contributed by atoms with Gasteiger partial charge in [-0.15, -0.1) is 0 Å². The first-order chi connectivity index (χ1) is 9.39. The summed E-state index contributed by atoms with van der Waals surface area (Å²) >= 11 is 0. The molecular formula is C15H16ClF3S. The molecule has 1 unspecified atom stereocenters. The van der Waals surface area contributed by atoms with Crippen LogP contribution in [-0.2, 0) is 6.42 Å². The summed E-state index contributed by atoms with van der Waals surface area (Å²) in [5.41, 5.74) is -2.70. The molecule has 1 heterocycles. The fourth-order valence-corrected chi connectivity index (χ4v) is 6.38. The molecule has 0 spiro atoms. The van der Waals surface area contributed by atoms with E-state index in [2.05, 4.69) is 0 Å². The minimum Gasteiger partial charge on any atom is -0.160 e. The van der Waals surface area contributed by atoms with E-state index in [-0.39, 0.29) is 5.92 Å². The molecule has 1 aliphatic carbocycles. The van der Waals surface area contributed by atoms with Crippen molar-refractivity contribution in [3.8, 4) is 0 Å². The van der Waals surface area contributed by atoms with E-state index in [1.54, 1.807) is 18.2 Å². The van der Waals surface area contributed by atoms with Gasteiger partial charge in [-0.2, -0.15) is 13.2 Å². The molecule has 20 heavy (non-hydrogen) atoms. The number of halogens is 4. The van der Waals surface area contributed by atoms with E-state index in [1.807, 2.05) is 13.0 Å². The van der Waals surface area contributed by atoms with E-state index < -0.39 is 14.7 Å². The summed E-state index contributed by atoms with van der Waals surface area (Å²) in [6.45, 7) is 1.96. The van der Waals surface area contributed by atoms with E-state index in [0.29, 0.717) is 9.80 Å². The third-order valence-electron chi connectivity index (χ3n) is 4.28. The van der Waals surface area contributed by atoms with Crippen LogP contribution in [0.25, 0.3) is 6.08 Å². The Balaban J connectivity index is 2.20. The van der Waals surface area contributed by atoms with Gasteiger partial charge in [0.15, 0.2) is 0 Å². The van der Waals surface area contributed by atoms with Crippen LogP contribution in [0.1, 0.15) is 37.3 Å². The summed E-state index contributed by atoms with van der Waals surface area (Å²) in [5, 5.41) is 0. The molecule has 1 fully saturated rings. The van der Waals surface area contributed by atoms with E-state index in [4.69, 9.17) is 10.7 Å². The van der Waals surface area contributed by atoms with Crippen molar-refractivity contribution in [2.75, 3.05) is 0 Å². The zero-order valence-electron chi connectivity index (χ0n) is 11.1. The van der Waals surface area contributed by atoms with Crippen molar-refractivity contribution in [3.05, 3.63) is 34.2 Å². The van der Waals surface area contributed by atoms with Crippen molar-refractivity contribution < 1.29 is 13.2 Å². The maximum absolute atomic E-state index is 13.7. The Morgan fingerprint density at radius 1 is 1.30 bits per heavy atom. The molecule has 0 N–H and O–H groups in total. The summed E-state index contributed by atoms with van der Waals surface area (Å²) in [7, 11) is 2.89. The van der Waals surface area contributed by atoms with Gasteiger partial charge in [-0.05, 0) is 73.3 Å². The average molecular weight is 321 g/mol. The lowest BCUT2D eigenvalue weighted by Crippen LogP contribution is -2.23. The van der Waals surface area contributed by atoms with Gasteiger partial charge >= 0.3 is 5.51 Å². The van der Waals surface area contributed by atoms with Gasteiger partial charge in [0.2, 0.25) is 0 Å². The van der Waals surface area contributed by atoms with E-state index in [1.165, 1.54) is 0 Å². The highest BCUT2D eigenvalue weighted by atomic mass is 35.7. The fraction of sp³-hybridized carbons (Fsp3) is 0.467. The third-order valence-corrected chi connectivity index (χ3v) is 8.54. The van der Waals surface area contributed by atoms with E-state index in [0.717, 1.165) is 36.8 Å². The average Bonchev–Trinajstić information content (AvgIpc) is 2.62. The summed E-state index contributed by atoms with van der Waals surface area (Å²) < 4.78 is 41.1. The molecule has 1 aromatic carbocycles. The second-order valence-corrected chi connectivity index (χ2v) is 9.18. The Labute approximate surface area is 122 Å². The van der Waals surface area contributed by atoms with Crippen molar-refractivity contribution in [1.29, 1.82) is 0 Å². The smallest absolute Gasteiger partial charge is 0.160 e. The molecular weight excluding hydrogens is 305 g/mol. The van der Waals surface area contributed by atoms with Gasteiger partial charge in [-0.25, -0.2) is 0 Å². The molecule has 0 aromatic heterocycles. The lowest BCUT2D eigenvalue weighted by atomic mass is 9.84. The maximum Gasteiger partial charge on any atom is 0.445 e. The first-order valence-electron chi connectivity index (χ1n) is 6.82. The van der Waals surface area contributed by atoms with Crippen LogP contribution < -0.4 is 0 Å². The topological polar surface area (TPSA) is 0 Å². The van der Waals surface area contributed by atoms with Crippen molar-refractivity contribution in [3.63, 3.8) is 0 Å². The first-order valence-corrected chi connectivity index (χ1v) is 9.28. The molecule has 1 atom stereocenters. The largest absolute Gasteiger partial charge is 0.445 e. The second-order valence-electron chi connectivity index (χ2n) is 5.34. The quantitative estimate of drug-likeness (QED) is 0.605. The Morgan fingerprint density at radius 3 is 2.50 bits per heavy atom. The Hall–Kier alpha value is -0.610. The Kier molecular flexibility index (Phi) is 3.37. The summed E-state index contributed by atoms with van der Waals surface area (Å²) in [5.74, 6) is 0.0150. The lowest BCUT2D eigenvalue weighted by molar-refractivity contribution is -0.0362. The molecule has 1 aromatic rings.